The Labute approximate surface area is 124 Å². The van der Waals surface area contributed by atoms with Crippen LogP contribution in [0.5, 0.6) is 0 Å². The van der Waals surface area contributed by atoms with Crippen LogP contribution in [-0.4, -0.2) is 21.5 Å². The van der Waals surface area contributed by atoms with E-state index in [4.69, 9.17) is 0 Å². The third-order valence-corrected chi connectivity index (χ3v) is 4.86. The minimum absolute atomic E-state index is 0.0928. The first-order valence-corrected chi connectivity index (χ1v) is 7.68. The monoisotopic (exact) mass is 288 g/mol. The zero-order valence-corrected chi connectivity index (χ0v) is 13.0. The number of benzene rings is 1. The van der Waals surface area contributed by atoms with Crippen molar-refractivity contribution in [3.05, 3.63) is 41.8 Å². The van der Waals surface area contributed by atoms with Crippen LogP contribution >= 0.6 is 11.8 Å². The SMILES string of the molecule is C=C1SC(=Nc2ccccc2)N(C(=O)CC)C1(C)CC. The summed E-state index contributed by atoms with van der Waals surface area (Å²) in [5.74, 6) is 0.0928. The number of hydrogen-bond donors (Lipinski definition) is 0. The van der Waals surface area contributed by atoms with E-state index in [1.54, 1.807) is 0 Å². The van der Waals surface area contributed by atoms with E-state index in [2.05, 4.69) is 25.4 Å². The highest BCUT2D eigenvalue weighted by molar-refractivity contribution is 8.17. The minimum atomic E-state index is -0.342. The second-order valence-electron chi connectivity index (χ2n) is 4.97. The zero-order chi connectivity index (χ0) is 14.8. The summed E-state index contributed by atoms with van der Waals surface area (Å²) in [5, 5.41) is 0.734. The fourth-order valence-corrected chi connectivity index (χ4v) is 3.40. The van der Waals surface area contributed by atoms with Gasteiger partial charge in [-0.3, -0.25) is 9.69 Å². The van der Waals surface area contributed by atoms with Gasteiger partial charge in [-0.05, 0) is 25.5 Å². The zero-order valence-electron chi connectivity index (χ0n) is 12.2. The summed E-state index contributed by atoms with van der Waals surface area (Å²) in [6, 6.07) is 9.71. The van der Waals surface area contributed by atoms with E-state index in [0.717, 1.165) is 22.2 Å². The van der Waals surface area contributed by atoms with Crippen molar-refractivity contribution in [2.75, 3.05) is 0 Å². The van der Waals surface area contributed by atoms with Gasteiger partial charge in [-0.15, -0.1) is 0 Å². The Morgan fingerprint density at radius 1 is 1.35 bits per heavy atom. The molecule has 3 nitrogen and oxygen atoms in total. The van der Waals surface area contributed by atoms with Crippen LogP contribution < -0.4 is 0 Å². The number of carbonyl (C=O) groups is 1. The molecular weight excluding hydrogens is 268 g/mol. The normalized spacial score (nSPS) is 24.4. The Hall–Kier alpha value is -1.55. The van der Waals surface area contributed by atoms with E-state index in [1.807, 2.05) is 42.2 Å². The molecular formula is C16H20N2OS. The van der Waals surface area contributed by atoms with Crippen LogP contribution in [0.4, 0.5) is 5.69 Å². The summed E-state index contributed by atoms with van der Waals surface area (Å²) < 4.78 is 0. The molecule has 0 aliphatic carbocycles. The molecule has 0 saturated carbocycles. The summed E-state index contributed by atoms with van der Waals surface area (Å²) in [5.41, 5.74) is 0.516. The predicted octanol–water partition coefficient (Wildman–Crippen LogP) is 4.34. The largest absolute Gasteiger partial charge is 0.280 e. The van der Waals surface area contributed by atoms with Crippen LogP contribution in [0, 0.1) is 0 Å². The van der Waals surface area contributed by atoms with Gasteiger partial charge in [-0.1, -0.05) is 50.4 Å². The fraction of sp³-hybridized carbons (Fsp3) is 0.375. The summed E-state index contributed by atoms with van der Waals surface area (Å²) in [7, 11) is 0. The standard InChI is InChI=1S/C16H20N2OS/c1-5-14(19)18-15(17-13-10-8-7-9-11-13)20-12(3)16(18,4)6-2/h7-11H,3,5-6H2,1-2,4H3. The number of rotatable bonds is 3. The van der Waals surface area contributed by atoms with Gasteiger partial charge in [0.2, 0.25) is 5.91 Å². The van der Waals surface area contributed by atoms with E-state index in [-0.39, 0.29) is 11.4 Å². The Morgan fingerprint density at radius 3 is 2.55 bits per heavy atom. The van der Waals surface area contributed by atoms with Gasteiger partial charge in [0.25, 0.3) is 0 Å². The van der Waals surface area contributed by atoms with Gasteiger partial charge in [-0.2, -0.15) is 0 Å². The molecule has 0 bridgehead atoms. The molecule has 0 aromatic heterocycles. The molecule has 2 rings (SSSR count). The third-order valence-electron chi connectivity index (χ3n) is 3.72. The first-order valence-electron chi connectivity index (χ1n) is 6.87. The van der Waals surface area contributed by atoms with Gasteiger partial charge >= 0.3 is 0 Å². The van der Waals surface area contributed by atoms with Crippen molar-refractivity contribution in [3.8, 4) is 0 Å². The molecule has 1 fully saturated rings. The lowest BCUT2D eigenvalue weighted by Crippen LogP contribution is -2.47. The number of para-hydroxylation sites is 1. The van der Waals surface area contributed by atoms with Crippen LogP contribution in [0.25, 0.3) is 0 Å². The quantitative estimate of drug-likeness (QED) is 0.828. The second kappa shape index (κ2) is 5.83. The molecule has 1 heterocycles. The van der Waals surface area contributed by atoms with Gasteiger partial charge in [0.05, 0.1) is 11.2 Å². The molecule has 1 aromatic rings. The van der Waals surface area contributed by atoms with Crippen LogP contribution in [0.15, 0.2) is 46.8 Å². The van der Waals surface area contributed by atoms with E-state index in [1.165, 1.54) is 11.8 Å². The molecule has 1 amide bonds. The highest BCUT2D eigenvalue weighted by atomic mass is 32.2. The number of aliphatic imine (C=N–C) groups is 1. The molecule has 1 unspecified atom stereocenters. The van der Waals surface area contributed by atoms with Crippen molar-refractivity contribution in [3.63, 3.8) is 0 Å². The summed E-state index contributed by atoms with van der Waals surface area (Å²) in [6.07, 6.45) is 1.30. The van der Waals surface area contributed by atoms with Gasteiger partial charge in [0, 0.05) is 11.3 Å². The summed E-state index contributed by atoms with van der Waals surface area (Å²) >= 11 is 1.50. The van der Waals surface area contributed by atoms with Crippen molar-refractivity contribution in [1.29, 1.82) is 0 Å². The number of nitrogens with zero attached hydrogens (tertiary/aromatic N) is 2. The number of thioether (sulfide) groups is 1. The van der Waals surface area contributed by atoms with Gasteiger partial charge in [-0.25, -0.2) is 4.99 Å². The van der Waals surface area contributed by atoms with Crippen LogP contribution in [0.3, 0.4) is 0 Å². The molecule has 0 N–H and O–H groups in total. The highest BCUT2D eigenvalue weighted by Crippen LogP contribution is 2.45. The van der Waals surface area contributed by atoms with Crippen molar-refractivity contribution in [2.45, 2.75) is 39.2 Å². The number of carbonyl (C=O) groups excluding carboxylic acids is 1. The van der Waals surface area contributed by atoms with Gasteiger partial charge in [0.1, 0.15) is 0 Å². The minimum Gasteiger partial charge on any atom is -0.280 e. The van der Waals surface area contributed by atoms with Gasteiger partial charge in [0.15, 0.2) is 5.17 Å². The number of amides is 1. The fourth-order valence-electron chi connectivity index (χ4n) is 2.18. The predicted molar refractivity (Wildman–Crippen MR) is 86.1 cm³/mol. The Balaban J connectivity index is 2.45. The first kappa shape index (κ1) is 14.9. The van der Waals surface area contributed by atoms with Crippen molar-refractivity contribution < 1.29 is 4.79 Å². The Bertz CT molecular complexity index is 553. The smallest absolute Gasteiger partial charge is 0.229 e. The lowest BCUT2D eigenvalue weighted by atomic mass is 9.96. The van der Waals surface area contributed by atoms with E-state index in [9.17, 15) is 4.79 Å². The molecule has 1 aliphatic rings. The highest BCUT2D eigenvalue weighted by Gasteiger charge is 2.45. The average Bonchev–Trinajstić information content (AvgIpc) is 2.71. The van der Waals surface area contributed by atoms with Crippen LogP contribution in [-0.2, 0) is 4.79 Å². The molecule has 1 saturated heterocycles. The topological polar surface area (TPSA) is 32.7 Å². The molecule has 106 valence electrons. The molecule has 1 aromatic carbocycles. The summed E-state index contributed by atoms with van der Waals surface area (Å²) in [6.45, 7) is 10.1. The van der Waals surface area contributed by atoms with Crippen molar-refractivity contribution in [2.24, 2.45) is 4.99 Å². The first-order chi connectivity index (χ1) is 9.52. The van der Waals surface area contributed by atoms with Gasteiger partial charge < -0.3 is 0 Å². The maximum atomic E-state index is 12.3. The third kappa shape index (κ3) is 2.52. The lowest BCUT2D eigenvalue weighted by Gasteiger charge is -2.33. The van der Waals surface area contributed by atoms with Crippen molar-refractivity contribution in [1.82, 2.24) is 4.90 Å². The molecule has 20 heavy (non-hydrogen) atoms. The van der Waals surface area contributed by atoms with Crippen LogP contribution in [0.2, 0.25) is 0 Å². The van der Waals surface area contributed by atoms with Crippen LogP contribution in [0.1, 0.15) is 33.6 Å². The second-order valence-corrected chi connectivity index (χ2v) is 6.03. The van der Waals surface area contributed by atoms with E-state index in [0.29, 0.717) is 6.42 Å². The number of amidine groups is 1. The molecule has 0 spiro atoms. The van der Waals surface area contributed by atoms with E-state index < -0.39 is 0 Å². The lowest BCUT2D eigenvalue weighted by molar-refractivity contribution is -0.129. The van der Waals surface area contributed by atoms with Crippen molar-refractivity contribution >= 4 is 28.5 Å². The molecule has 4 heteroatoms. The maximum Gasteiger partial charge on any atom is 0.229 e. The molecule has 0 radical (unpaired) electrons. The average molecular weight is 288 g/mol. The Morgan fingerprint density at radius 2 is 2.00 bits per heavy atom. The maximum absolute atomic E-state index is 12.3. The molecule has 1 aliphatic heterocycles. The Kier molecular flexibility index (Phi) is 4.33. The molecule has 1 atom stereocenters. The van der Waals surface area contributed by atoms with E-state index >= 15 is 0 Å². The summed E-state index contributed by atoms with van der Waals surface area (Å²) in [4.78, 5) is 19.7. The number of hydrogen-bond acceptors (Lipinski definition) is 3.